The van der Waals surface area contributed by atoms with Crippen molar-refractivity contribution in [2.45, 2.75) is 38.6 Å². The van der Waals surface area contributed by atoms with Crippen LogP contribution >= 0.6 is 0 Å². The topological polar surface area (TPSA) is 45.7 Å². The average Bonchev–Trinajstić information content (AvgIpc) is 2.77. The molecule has 0 aliphatic carbocycles. The lowest BCUT2D eigenvalue weighted by Gasteiger charge is -2.29. The second-order valence-corrected chi connectivity index (χ2v) is 7.73. The number of fused-ring (bicyclic) bond motifs is 1. The van der Waals surface area contributed by atoms with Gasteiger partial charge in [-0.3, -0.25) is 9.78 Å². The summed E-state index contributed by atoms with van der Waals surface area (Å²) in [6, 6.07) is 11.8. The number of nitrogens with zero attached hydrogens (tertiary/aromatic N) is 3. The monoisotopic (exact) mass is 379 g/mol. The minimum absolute atomic E-state index is 0.00397. The molecule has 28 heavy (non-hydrogen) atoms. The first-order valence-electron chi connectivity index (χ1n) is 10.5. The summed E-state index contributed by atoms with van der Waals surface area (Å²) in [6.45, 7) is 5.75. The van der Waals surface area contributed by atoms with Crippen LogP contribution in [0, 0.1) is 0 Å². The van der Waals surface area contributed by atoms with Crippen LogP contribution in [0.4, 0.5) is 0 Å². The number of carbonyl (C=O) groups is 1. The van der Waals surface area contributed by atoms with Gasteiger partial charge in [-0.2, -0.15) is 0 Å². The number of carbonyl (C=O) groups excluding carboxylic acids is 1. The Morgan fingerprint density at radius 1 is 1.04 bits per heavy atom. The molecule has 1 amide bonds. The summed E-state index contributed by atoms with van der Waals surface area (Å²) in [7, 11) is 0. The molecule has 148 valence electrons. The van der Waals surface area contributed by atoms with Crippen LogP contribution in [0.1, 0.15) is 47.3 Å². The molecule has 3 heterocycles. The first-order valence-corrected chi connectivity index (χ1v) is 10.5. The van der Waals surface area contributed by atoms with Crippen molar-refractivity contribution in [3.63, 3.8) is 0 Å². The smallest absolute Gasteiger partial charge is 0.272 e. The lowest BCUT2D eigenvalue weighted by atomic mass is 9.99. The second-order valence-electron chi connectivity index (χ2n) is 7.73. The van der Waals surface area contributed by atoms with Gasteiger partial charge in [0.2, 0.25) is 0 Å². The fourth-order valence-electron chi connectivity index (χ4n) is 4.10. The number of amides is 1. The molecule has 5 nitrogen and oxygen atoms in total. The summed E-state index contributed by atoms with van der Waals surface area (Å²) in [5, 5.41) is 0. The van der Waals surface area contributed by atoms with Crippen molar-refractivity contribution in [3.05, 3.63) is 59.4 Å². The number of likely N-dealkylation sites (tertiary alicyclic amines) is 1. The fraction of sp³-hybridized carbons (Fsp3) is 0.478. The molecule has 2 aromatic rings. The maximum atomic E-state index is 12.6. The summed E-state index contributed by atoms with van der Waals surface area (Å²) >= 11 is 0. The van der Waals surface area contributed by atoms with Crippen LogP contribution in [0.25, 0.3) is 0 Å². The number of piperidine rings is 1. The molecular weight excluding hydrogens is 350 g/mol. The summed E-state index contributed by atoms with van der Waals surface area (Å²) in [5.74, 6) is 0.950. The third-order valence-corrected chi connectivity index (χ3v) is 5.70. The van der Waals surface area contributed by atoms with Gasteiger partial charge >= 0.3 is 0 Å². The van der Waals surface area contributed by atoms with E-state index >= 15 is 0 Å². The summed E-state index contributed by atoms with van der Waals surface area (Å²) in [6.07, 6.45) is 7.66. The third kappa shape index (κ3) is 4.71. The Morgan fingerprint density at radius 3 is 2.75 bits per heavy atom. The van der Waals surface area contributed by atoms with Crippen molar-refractivity contribution in [1.29, 1.82) is 0 Å². The Morgan fingerprint density at radius 2 is 1.93 bits per heavy atom. The van der Waals surface area contributed by atoms with E-state index in [4.69, 9.17) is 4.74 Å². The molecule has 5 heteroatoms. The van der Waals surface area contributed by atoms with E-state index in [1.807, 2.05) is 23.1 Å². The average molecular weight is 380 g/mol. The van der Waals surface area contributed by atoms with E-state index in [1.165, 1.54) is 43.5 Å². The molecule has 0 radical (unpaired) electrons. The zero-order chi connectivity index (χ0) is 19.2. The van der Waals surface area contributed by atoms with E-state index in [-0.39, 0.29) is 5.91 Å². The molecule has 4 rings (SSSR count). The van der Waals surface area contributed by atoms with Gasteiger partial charge < -0.3 is 14.5 Å². The van der Waals surface area contributed by atoms with Gasteiger partial charge in [-0.05, 0) is 74.2 Å². The molecule has 1 saturated heterocycles. The van der Waals surface area contributed by atoms with Crippen molar-refractivity contribution in [2.24, 2.45) is 0 Å². The molecule has 1 aromatic carbocycles. The standard InChI is InChI=1S/C23H29N3O2/c27-23(22-7-2-3-11-24-22)26-15-10-19-17-21(9-8-20(19)18-26)28-16-6-14-25-12-4-1-5-13-25/h2-3,7-9,11,17H,1,4-6,10,12-16,18H2. The largest absolute Gasteiger partial charge is 0.494 e. The predicted molar refractivity (Wildman–Crippen MR) is 110 cm³/mol. The van der Waals surface area contributed by atoms with E-state index in [1.54, 1.807) is 12.3 Å². The van der Waals surface area contributed by atoms with E-state index in [9.17, 15) is 4.79 Å². The molecule has 0 unspecified atom stereocenters. The van der Waals surface area contributed by atoms with Gasteiger partial charge in [-0.1, -0.05) is 18.6 Å². The highest BCUT2D eigenvalue weighted by molar-refractivity contribution is 5.92. The van der Waals surface area contributed by atoms with Crippen LogP contribution in [-0.2, 0) is 13.0 Å². The number of hydrogen-bond acceptors (Lipinski definition) is 4. The molecule has 0 bridgehead atoms. The van der Waals surface area contributed by atoms with Crippen LogP contribution < -0.4 is 4.74 Å². The normalized spacial score (nSPS) is 17.2. The minimum atomic E-state index is 0.00397. The number of hydrogen-bond donors (Lipinski definition) is 0. The number of ether oxygens (including phenoxy) is 1. The summed E-state index contributed by atoms with van der Waals surface area (Å²) < 4.78 is 5.99. The minimum Gasteiger partial charge on any atom is -0.494 e. The summed E-state index contributed by atoms with van der Waals surface area (Å²) in [5.41, 5.74) is 3.01. The Kier molecular flexibility index (Phi) is 6.22. The van der Waals surface area contributed by atoms with Crippen LogP contribution in [-0.4, -0.2) is 53.5 Å². The zero-order valence-electron chi connectivity index (χ0n) is 16.5. The van der Waals surface area contributed by atoms with Crippen LogP contribution in [0.3, 0.4) is 0 Å². The SMILES string of the molecule is O=C(c1ccccn1)N1CCc2cc(OCCCN3CCCCC3)ccc2C1. The quantitative estimate of drug-likeness (QED) is 0.721. The number of aromatic nitrogens is 1. The van der Waals surface area contributed by atoms with E-state index in [0.717, 1.165) is 38.3 Å². The van der Waals surface area contributed by atoms with Gasteiger partial charge in [-0.15, -0.1) is 0 Å². The molecule has 0 N–H and O–H groups in total. The van der Waals surface area contributed by atoms with Crippen LogP contribution in [0.5, 0.6) is 5.75 Å². The van der Waals surface area contributed by atoms with Crippen molar-refractivity contribution in [2.75, 3.05) is 32.8 Å². The van der Waals surface area contributed by atoms with Gasteiger partial charge in [0.05, 0.1) is 6.61 Å². The van der Waals surface area contributed by atoms with E-state index in [2.05, 4.69) is 22.0 Å². The van der Waals surface area contributed by atoms with Gasteiger partial charge in [0.15, 0.2) is 0 Å². The number of pyridine rings is 1. The first kappa shape index (κ1) is 18.9. The number of rotatable bonds is 6. The fourth-order valence-corrected chi connectivity index (χ4v) is 4.10. The lowest BCUT2D eigenvalue weighted by molar-refractivity contribution is 0.0728. The molecule has 0 atom stereocenters. The molecule has 1 fully saturated rings. The van der Waals surface area contributed by atoms with Gasteiger partial charge in [0.1, 0.15) is 11.4 Å². The highest BCUT2D eigenvalue weighted by Gasteiger charge is 2.22. The van der Waals surface area contributed by atoms with Crippen molar-refractivity contribution in [1.82, 2.24) is 14.8 Å². The first-order chi connectivity index (χ1) is 13.8. The Balaban J connectivity index is 1.28. The lowest BCUT2D eigenvalue weighted by Crippen LogP contribution is -2.36. The maximum Gasteiger partial charge on any atom is 0.272 e. The van der Waals surface area contributed by atoms with Gasteiger partial charge in [-0.25, -0.2) is 0 Å². The Hall–Kier alpha value is -2.40. The highest BCUT2D eigenvalue weighted by atomic mass is 16.5. The molecule has 2 aliphatic rings. The Labute approximate surface area is 167 Å². The van der Waals surface area contributed by atoms with Crippen LogP contribution in [0.2, 0.25) is 0 Å². The highest BCUT2D eigenvalue weighted by Crippen LogP contribution is 2.25. The zero-order valence-corrected chi connectivity index (χ0v) is 16.5. The summed E-state index contributed by atoms with van der Waals surface area (Å²) in [4.78, 5) is 21.2. The molecule has 1 aromatic heterocycles. The second kappa shape index (κ2) is 9.20. The van der Waals surface area contributed by atoms with E-state index < -0.39 is 0 Å². The predicted octanol–water partition coefficient (Wildman–Crippen LogP) is 3.53. The maximum absolute atomic E-state index is 12.6. The third-order valence-electron chi connectivity index (χ3n) is 5.70. The molecule has 2 aliphatic heterocycles. The van der Waals surface area contributed by atoms with Crippen LogP contribution in [0.15, 0.2) is 42.6 Å². The van der Waals surface area contributed by atoms with Crippen molar-refractivity contribution >= 4 is 5.91 Å². The van der Waals surface area contributed by atoms with Crippen molar-refractivity contribution < 1.29 is 9.53 Å². The molecule has 0 spiro atoms. The van der Waals surface area contributed by atoms with Gasteiger partial charge in [0.25, 0.3) is 5.91 Å². The molecular formula is C23H29N3O2. The van der Waals surface area contributed by atoms with Crippen molar-refractivity contribution in [3.8, 4) is 5.75 Å². The Bertz CT molecular complexity index is 788. The number of benzene rings is 1. The van der Waals surface area contributed by atoms with Gasteiger partial charge in [0, 0.05) is 25.8 Å². The molecule has 0 saturated carbocycles. The van der Waals surface area contributed by atoms with E-state index in [0.29, 0.717) is 12.2 Å².